The predicted molar refractivity (Wildman–Crippen MR) is 113 cm³/mol. The van der Waals surface area contributed by atoms with E-state index in [4.69, 9.17) is 9.47 Å². The number of ether oxygens (including phenoxy) is 2. The largest absolute Gasteiger partial charge is 0.497 e. The van der Waals surface area contributed by atoms with Gasteiger partial charge >= 0.3 is 0 Å². The fourth-order valence-electron chi connectivity index (χ4n) is 3.09. The average Bonchev–Trinajstić information content (AvgIpc) is 2.76. The van der Waals surface area contributed by atoms with Crippen LogP contribution in [0, 0.1) is 0 Å². The number of carbonyl (C=O) groups excluding carboxylic acids is 2. The van der Waals surface area contributed by atoms with Gasteiger partial charge in [0.05, 0.1) is 7.11 Å². The second-order valence-corrected chi connectivity index (χ2v) is 6.61. The van der Waals surface area contributed by atoms with Crippen molar-refractivity contribution >= 4 is 11.8 Å². The molecule has 2 amide bonds. The van der Waals surface area contributed by atoms with E-state index < -0.39 is 6.04 Å². The molecule has 1 atom stereocenters. The van der Waals surface area contributed by atoms with Gasteiger partial charge in [-0.3, -0.25) is 9.59 Å². The first-order valence-corrected chi connectivity index (χ1v) is 9.97. The number of benzene rings is 2. The van der Waals surface area contributed by atoms with E-state index in [2.05, 4.69) is 5.32 Å². The van der Waals surface area contributed by atoms with Gasteiger partial charge in [0.1, 0.15) is 17.5 Å². The summed E-state index contributed by atoms with van der Waals surface area (Å²) in [6.07, 6.45) is 1.21. The van der Waals surface area contributed by atoms with Crippen LogP contribution in [0.4, 0.5) is 0 Å². The molecule has 0 heterocycles. The maximum atomic E-state index is 13.0. The van der Waals surface area contributed by atoms with Crippen molar-refractivity contribution in [1.82, 2.24) is 10.2 Å². The zero-order chi connectivity index (χ0) is 21.1. The predicted octanol–water partition coefficient (Wildman–Crippen LogP) is 3.06. The van der Waals surface area contributed by atoms with Crippen LogP contribution in [0.5, 0.6) is 11.5 Å². The van der Waals surface area contributed by atoms with Gasteiger partial charge in [0.15, 0.2) is 6.61 Å². The standard InChI is InChI=1S/C23H30N2O4/c1-4-21(23(27)24-5-2)25(16-15-18-9-7-6-8-10-18)22(26)17-29-20-13-11-19(28-3)12-14-20/h6-14,21H,4-5,15-17H2,1-3H3,(H,24,27)/t21-/m0/s1. The molecule has 29 heavy (non-hydrogen) atoms. The summed E-state index contributed by atoms with van der Waals surface area (Å²) in [4.78, 5) is 27.1. The molecule has 0 radical (unpaired) electrons. The van der Waals surface area contributed by atoms with Crippen molar-refractivity contribution in [2.24, 2.45) is 0 Å². The molecule has 0 aliphatic rings. The first kappa shape index (κ1) is 22.3. The van der Waals surface area contributed by atoms with Gasteiger partial charge < -0.3 is 19.7 Å². The number of methoxy groups -OCH3 is 1. The number of carbonyl (C=O) groups is 2. The molecule has 0 aliphatic carbocycles. The third kappa shape index (κ3) is 6.82. The zero-order valence-electron chi connectivity index (χ0n) is 17.4. The van der Waals surface area contributed by atoms with E-state index in [0.717, 1.165) is 11.3 Å². The molecule has 0 unspecified atom stereocenters. The SMILES string of the molecule is CCNC(=O)[C@H](CC)N(CCc1ccccc1)C(=O)COc1ccc(OC)cc1. The van der Waals surface area contributed by atoms with E-state index in [1.165, 1.54) is 0 Å². The third-order valence-corrected chi connectivity index (χ3v) is 4.64. The molecule has 0 saturated heterocycles. The Bertz CT molecular complexity index is 762. The molecule has 2 rings (SSSR count). The maximum absolute atomic E-state index is 13.0. The Morgan fingerprint density at radius 2 is 1.66 bits per heavy atom. The smallest absolute Gasteiger partial charge is 0.261 e. The van der Waals surface area contributed by atoms with E-state index in [1.54, 1.807) is 36.3 Å². The molecule has 2 aromatic rings. The van der Waals surface area contributed by atoms with Crippen molar-refractivity contribution in [2.75, 3.05) is 26.8 Å². The monoisotopic (exact) mass is 398 g/mol. The fourth-order valence-corrected chi connectivity index (χ4v) is 3.09. The molecule has 0 aliphatic heterocycles. The topological polar surface area (TPSA) is 67.9 Å². The van der Waals surface area contributed by atoms with Crippen LogP contribution < -0.4 is 14.8 Å². The van der Waals surface area contributed by atoms with Gasteiger partial charge in [-0.1, -0.05) is 37.3 Å². The van der Waals surface area contributed by atoms with Crippen LogP contribution in [-0.2, 0) is 16.0 Å². The Morgan fingerprint density at radius 3 is 2.24 bits per heavy atom. The van der Waals surface area contributed by atoms with Gasteiger partial charge in [-0.05, 0) is 49.6 Å². The van der Waals surface area contributed by atoms with E-state index >= 15 is 0 Å². The Kier molecular flexibility index (Phi) is 9.02. The van der Waals surface area contributed by atoms with E-state index in [-0.39, 0.29) is 18.4 Å². The number of likely N-dealkylation sites (N-methyl/N-ethyl adjacent to an activating group) is 1. The van der Waals surface area contributed by atoms with Crippen molar-refractivity contribution in [3.05, 3.63) is 60.2 Å². The Morgan fingerprint density at radius 1 is 1.00 bits per heavy atom. The van der Waals surface area contributed by atoms with E-state index in [1.807, 2.05) is 44.2 Å². The van der Waals surface area contributed by atoms with Crippen molar-refractivity contribution in [3.8, 4) is 11.5 Å². The Hall–Kier alpha value is -3.02. The molecule has 0 aromatic heterocycles. The summed E-state index contributed by atoms with van der Waals surface area (Å²) in [5, 5.41) is 2.83. The maximum Gasteiger partial charge on any atom is 0.261 e. The fraction of sp³-hybridized carbons (Fsp3) is 0.391. The van der Waals surface area contributed by atoms with Crippen molar-refractivity contribution < 1.29 is 19.1 Å². The van der Waals surface area contributed by atoms with Gasteiger partial charge in [0, 0.05) is 13.1 Å². The van der Waals surface area contributed by atoms with E-state index in [9.17, 15) is 9.59 Å². The summed E-state index contributed by atoms with van der Waals surface area (Å²) >= 11 is 0. The highest BCUT2D eigenvalue weighted by atomic mass is 16.5. The highest BCUT2D eigenvalue weighted by molar-refractivity contribution is 5.88. The number of nitrogens with one attached hydrogen (secondary N) is 1. The summed E-state index contributed by atoms with van der Waals surface area (Å²) in [5.41, 5.74) is 1.12. The molecule has 0 bridgehead atoms. The second kappa shape index (κ2) is 11.7. The first-order chi connectivity index (χ1) is 14.1. The molecule has 0 fully saturated rings. The lowest BCUT2D eigenvalue weighted by Gasteiger charge is -2.30. The molecular weight excluding hydrogens is 368 g/mol. The van der Waals surface area contributed by atoms with Crippen molar-refractivity contribution in [2.45, 2.75) is 32.7 Å². The molecule has 0 saturated carbocycles. The van der Waals surface area contributed by atoms with Crippen LogP contribution in [0.3, 0.4) is 0 Å². The minimum Gasteiger partial charge on any atom is -0.497 e. The third-order valence-electron chi connectivity index (χ3n) is 4.64. The number of hydrogen-bond donors (Lipinski definition) is 1. The van der Waals surface area contributed by atoms with Crippen LogP contribution in [0.25, 0.3) is 0 Å². The molecule has 1 N–H and O–H groups in total. The molecular formula is C23H30N2O4. The molecule has 2 aromatic carbocycles. The highest BCUT2D eigenvalue weighted by Gasteiger charge is 2.28. The van der Waals surface area contributed by atoms with Gasteiger partial charge in [-0.2, -0.15) is 0 Å². The number of hydrogen-bond acceptors (Lipinski definition) is 4. The van der Waals surface area contributed by atoms with Crippen LogP contribution in [0.2, 0.25) is 0 Å². The number of rotatable bonds is 11. The first-order valence-electron chi connectivity index (χ1n) is 9.97. The second-order valence-electron chi connectivity index (χ2n) is 6.61. The number of nitrogens with zero attached hydrogens (tertiary/aromatic N) is 1. The summed E-state index contributed by atoms with van der Waals surface area (Å²) in [7, 11) is 1.59. The van der Waals surface area contributed by atoms with Crippen LogP contribution in [0.1, 0.15) is 25.8 Å². The highest BCUT2D eigenvalue weighted by Crippen LogP contribution is 2.17. The van der Waals surface area contributed by atoms with Gasteiger partial charge in [-0.25, -0.2) is 0 Å². The summed E-state index contributed by atoms with van der Waals surface area (Å²) < 4.78 is 10.8. The van der Waals surface area contributed by atoms with Gasteiger partial charge in [-0.15, -0.1) is 0 Å². The Balaban J connectivity index is 2.08. The minimum atomic E-state index is -0.523. The summed E-state index contributed by atoms with van der Waals surface area (Å²) in [6.45, 7) is 4.63. The quantitative estimate of drug-likeness (QED) is 0.632. The zero-order valence-corrected chi connectivity index (χ0v) is 17.4. The van der Waals surface area contributed by atoms with Gasteiger partial charge in [0.25, 0.3) is 5.91 Å². The average molecular weight is 399 g/mol. The van der Waals surface area contributed by atoms with E-state index in [0.29, 0.717) is 31.7 Å². The lowest BCUT2D eigenvalue weighted by Crippen LogP contribution is -2.51. The van der Waals surface area contributed by atoms with Crippen LogP contribution in [0.15, 0.2) is 54.6 Å². The van der Waals surface area contributed by atoms with Crippen molar-refractivity contribution in [3.63, 3.8) is 0 Å². The lowest BCUT2D eigenvalue weighted by atomic mass is 10.1. The molecule has 0 spiro atoms. The van der Waals surface area contributed by atoms with Crippen molar-refractivity contribution in [1.29, 1.82) is 0 Å². The summed E-state index contributed by atoms with van der Waals surface area (Å²) in [6, 6.07) is 16.5. The van der Waals surface area contributed by atoms with Crippen LogP contribution >= 0.6 is 0 Å². The summed E-state index contributed by atoms with van der Waals surface area (Å²) in [5.74, 6) is 0.944. The molecule has 156 valence electrons. The lowest BCUT2D eigenvalue weighted by molar-refractivity contribution is -0.142. The van der Waals surface area contributed by atoms with Gasteiger partial charge in [0.2, 0.25) is 5.91 Å². The molecule has 6 nitrogen and oxygen atoms in total. The Labute approximate surface area is 172 Å². The van der Waals surface area contributed by atoms with Crippen LogP contribution in [-0.4, -0.2) is 49.6 Å². The molecule has 6 heteroatoms. The minimum absolute atomic E-state index is 0.128. The normalized spacial score (nSPS) is 11.4. The number of amides is 2.